The van der Waals surface area contributed by atoms with Crippen LogP contribution in [0, 0.1) is 12.3 Å². The zero-order valence-electron chi connectivity index (χ0n) is 9.35. The second kappa shape index (κ2) is 3.40. The Morgan fingerprint density at radius 3 is 2.27 bits per heavy atom. The average Bonchev–Trinajstić information content (AvgIpc) is 2.67. The van der Waals surface area contributed by atoms with Crippen LogP contribution in [-0.4, -0.2) is 4.33 Å². The van der Waals surface area contributed by atoms with Crippen molar-refractivity contribution >= 4 is 23.2 Å². The van der Waals surface area contributed by atoms with Gasteiger partial charge in [-0.1, -0.05) is 38.1 Å². The van der Waals surface area contributed by atoms with E-state index in [1.54, 1.807) is 0 Å². The van der Waals surface area contributed by atoms with Gasteiger partial charge in [0.1, 0.15) is 4.33 Å². The summed E-state index contributed by atoms with van der Waals surface area (Å²) in [5.41, 5.74) is 2.72. The summed E-state index contributed by atoms with van der Waals surface area (Å²) in [5, 5.41) is 0. The highest BCUT2D eigenvalue weighted by atomic mass is 35.5. The van der Waals surface area contributed by atoms with Gasteiger partial charge in [0.25, 0.3) is 0 Å². The van der Waals surface area contributed by atoms with Crippen molar-refractivity contribution in [2.45, 2.75) is 37.4 Å². The van der Waals surface area contributed by atoms with Crippen LogP contribution in [0.3, 0.4) is 0 Å². The third-order valence-electron chi connectivity index (χ3n) is 3.91. The van der Waals surface area contributed by atoms with Crippen molar-refractivity contribution in [3.8, 4) is 0 Å². The van der Waals surface area contributed by atoms with Crippen LogP contribution in [0.2, 0.25) is 0 Å². The normalized spacial score (nSPS) is 29.9. The first-order chi connectivity index (χ1) is 6.88. The van der Waals surface area contributed by atoms with E-state index in [9.17, 15) is 0 Å². The van der Waals surface area contributed by atoms with Gasteiger partial charge in [-0.3, -0.25) is 0 Å². The number of hydrogen-bond acceptors (Lipinski definition) is 0. The van der Waals surface area contributed by atoms with Crippen LogP contribution in [0.1, 0.15) is 37.3 Å². The van der Waals surface area contributed by atoms with E-state index in [2.05, 4.69) is 45.0 Å². The molecule has 1 fully saturated rings. The molecule has 0 aliphatic heterocycles. The number of rotatable bonds is 2. The van der Waals surface area contributed by atoms with E-state index in [0.717, 1.165) is 6.42 Å². The van der Waals surface area contributed by atoms with Gasteiger partial charge in [0.15, 0.2) is 0 Å². The molecule has 15 heavy (non-hydrogen) atoms. The third-order valence-corrected chi connectivity index (χ3v) is 5.04. The number of benzene rings is 1. The first kappa shape index (κ1) is 11.3. The molecule has 0 heterocycles. The van der Waals surface area contributed by atoms with Gasteiger partial charge in [-0.15, -0.1) is 23.2 Å². The van der Waals surface area contributed by atoms with Gasteiger partial charge in [0.2, 0.25) is 0 Å². The molecule has 2 rings (SSSR count). The Bertz CT molecular complexity index is 384. The first-order valence-electron chi connectivity index (χ1n) is 5.32. The first-order valence-corrected chi connectivity index (χ1v) is 6.07. The van der Waals surface area contributed by atoms with Crippen molar-refractivity contribution in [1.29, 1.82) is 0 Å². The lowest BCUT2D eigenvalue weighted by Gasteiger charge is -2.23. The van der Waals surface area contributed by atoms with E-state index in [1.807, 2.05) is 0 Å². The SMILES string of the molecule is Cc1ccccc1C(C)C1(C)CC1(Cl)Cl. The number of alkyl halides is 2. The molecule has 0 N–H and O–H groups in total. The smallest absolute Gasteiger partial charge is 0.101 e. The maximum absolute atomic E-state index is 6.21. The fourth-order valence-corrected chi connectivity index (χ4v) is 3.19. The molecule has 2 unspecified atom stereocenters. The van der Waals surface area contributed by atoms with E-state index in [1.165, 1.54) is 11.1 Å². The lowest BCUT2D eigenvalue weighted by atomic mass is 9.84. The van der Waals surface area contributed by atoms with E-state index in [4.69, 9.17) is 23.2 Å². The molecule has 1 aliphatic carbocycles. The fraction of sp³-hybridized carbons (Fsp3) is 0.538. The van der Waals surface area contributed by atoms with Crippen LogP contribution < -0.4 is 0 Å². The Balaban J connectivity index is 2.31. The highest BCUT2D eigenvalue weighted by Crippen LogP contribution is 2.69. The Kier molecular flexibility index (Phi) is 2.56. The summed E-state index contributed by atoms with van der Waals surface area (Å²) in [6, 6.07) is 8.46. The lowest BCUT2D eigenvalue weighted by Crippen LogP contribution is -2.14. The Morgan fingerprint density at radius 1 is 1.27 bits per heavy atom. The van der Waals surface area contributed by atoms with Crippen molar-refractivity contribution in [2.24, 2.45) is 5.41 Å². The van der Waals surface area contributed by atoms with Gasteiger partial charge in [-0.2, -0.15) is 0 Å². The molecule has 0 nitrogen and oxygen atoms in total. The van der Waals surface area contributed by atoms with Crippen molar-refractivity contribution < 1.29 is 0 Å². The predicted octanol–water partition coefficient (Wildman–Crippen LogP) is 4.68. The molecule has 0 amide bonds. The summed E-state index contributed by atoms with van der Waals surface area (Å²) in [5.74, 6) is 0.411. The van der Waals surface area contributed by atoms with Gasteiger partial charge in [0, 0.05) is 5.41 Å². The number of halogens is 2. The zero-order valence-corrected chi connectivity index (χ0v) is 10.9. The maximum atomic E-state index is 6.21. The molecule has 1 aromatic rings. The number of hydrogen-bond donors (Lipinski definition) is 0. The van der Waals surface area contributed by atoms with Gasteiger partial charge >= 0.3 is 0 Å². The summed E-state index contributed by atoms with van der Waals surface area (Å²) in [7, 11) is 0. The van der Waals surface area contributed by atoms with Crippen LogP contribution in [0.4, 0.5) is 0 Å². The zero-order chi connectivity index (χ0) is 11.3. The second-order valence-electron chi connectivity index (χ2n) is 4.88. The van der Waals surface area contributed by atoms with Crippen LogP contribution in [0.25, 0.3) is 0 Å². The van der Waals surface area contributed by atoms with E-state index in [-0.39, 0.29) is 5.41 Å². The van der Waals surface area contributed by atoms with E-state index in [0.29, 0.717) is 5.92 Å². The van der Waals surface area contributed by atoms with Crippen LogP contribution in [0.15, 0.2) is 24.3 Å². The van der Waals surface area contributed by atoms with Crippen molar-refractivity contribution in [3.63, 3.8) is 0 Å². The minimum Gasteiger partial charge on any atom is -0.101 e. The number of aryl methyl sites for hydroxylation is 1. The largest absolute Gasteiger partial charge is 0.125 e. The summed E-state index contributed by atoms with van der Waals surface area (Å²) >= 11 is 12.4. The molecular formula is C13H16Cl2. The van der Waals surface area contributed by atoms with Crippen molar-refractivity contribution in [3.05, 3.63) is 35.4 Å². The summed E-state index contributed by atoms with van der Waals surface area (Å²) < 4.78 is -0.533. The quantitative estimate of drug-likeness (QED) is 0.661. The molecule has 1 aliphatic rings. The highest BCUT2D eigenvalue weighted by molar-refractivity contribution is 6.51. The fourth-order valence-electron chi connectivity index (χ4n) is 2.30. The molecule has 0 radical (unpaired) electrons. The minimum absolute atomic E-state index is 0.0300. The van der Waals surface area contributed by atoms with Gasteiger partial charge in [-0.25, -0.2) is 0 Å². The Morgan fingerprint density at radius 2 is 1.80 bits per heavy atom. The van der Waals surface area contributed by atoms with Gasteiger partial charge in [-0.05, 0) is 30.4 Å². The second-order valence-corrected chi connectivity index (χ2v) is 6.36. The van der Waals surface area contributed by atoms with Crippen LogP contribution in [0.5, 0.6) is 0 Å². The lowest BCUT2D eigenvalue weighted by molar-refractivity contribution is 0.460. The van der Waals surface area contributed by atoms with Gasteiger partial charge < -0.3 is 0 Å². The molecule has 2 atom stereocenters. The Hall–Kier alpha value is -0.200. The van der Waals surface area contributed by atoms with Crippen LogP contribution >= 0.6 is 23.2 Å². The van der Waals surface area contributed by atoms with E-state index < -0.39 is 4.33 Å². The standard InChI is InChI=1S/C13H16Cl2/c1-9-6-4-5-7-11(9)10(2)12(3)8-13(12,14)15/h4-7,10H,8H2,1-3H3. The summed E-state index contributed by atoms with van der Waals surface area (Å²) in [4.78, 5) is 0. The predicted molar refractivity (Wildman–Crippen MR) is 66.8 cm³/mol. The monoisotopic (exact) mass is 242 g/mol. The summed E-state index contributed by atoms with van der Waals surface area (Å²) in [6.45, 7) is 6.53. The van der Waals surface area contributed by atoms with Gasteiger partial charge in [0.05, 0.1) is 0 Å². The average molecular weight is 243 g/mol. The molecule has 1 aromatic carbocycles. The molecule has 0 aromatic heterocycles. The van der Waals surface area contributed by atoms with Crippen molar-refractivity contribution in [2.75, 3.05) is 0 Å². The highest BCUT2D eigenvalue weighted by Gasteiger charge is 2.65. The molecule has 0 spiro atoms. The molecule has 0 saturated heterocycles. The molecule has 0 bridgehead atoms. The van der Waals surface area contributed by atoms with E-state index >= 15 is 0 Å². The maximum Gasteiger partial charge on any atom is 0.125 e. The van der Waals surface area contributed by atoms with Crippen LogP contribution in [-0.2, 0) is 0 Å². The minimum atomic E-state index is -0.533. The Labute approximate surface area is 102 Å². The molecule has 1 saturated carbocycles. The molecular weight excluding hydrogens is 227 g/mol. The molecule has 82 valence electrons. The third kappa shape index (κ3) is 1.68. The molecule has 2 heteroatoms. The topological polar surface area (TPSA) is 0 Å². The summed E-state index contributed by atoms with van der Waals surface area (Å²) in [6.07, 6.45) is 0.888. The van der Waals surface area contributed by atoms with Crippen molar-refractivity contribution in [1.82, 2.24) is 0 Å².